The molecule has 1 heterocycles. The van der Waals surface area contributed by atoms with Gasteiger partial charge in [-0.15, -0.1) is 0 Å². The average Bonchev–Trinajstić information content (AvgIpc) is 3.38. The van der Waals surface area contributed by atoms with Crippen molar-refractivity contribution in [2.45, 2.75) is 12.5 Å². The number of ether oxygens (including phenoxy) is 4. The lowest BCUT2D eigenvalue weighted by Gasteiger charge is -2.14. The Morgan fingerprint density at radius 1 is 0.975 bits per heavy atom. The van der Waals surface area contributed by atoms with Gasteiger partial charge in [0.2, 0.25) is 11.7 Å². The fourth-order valence-corrected chi connectivity index (χ4v) is 4.06. The summed E-state index contributed by atoms with van der Waals surface area (Å²) in [7, 11) is 6.14. The zero-order valence-electron chi connectivity index (χ0n) is 22.9. The average molecular weight is 544 g/mol. The number of allylic oxidation sites excluding steroid dienone is 1. The fourth-order valence-electron chi connectivity index (χ4n) is 4.06. The van der Waals surface area contributed by atoms with Crippen molar-refractivity contribution in [3.63, 3.8) is 0 Å². The molecule has 1 amide bonds. The number of primary amides is 1. The Hall–Kier alpha value is -5.14. The quantitative estimate of drug-likeness (QED) is 0.140. The van der Waals surface area contributed by atoms with Gasteiger partial charge in [-0.2, -0.15) is 5.26 Å². The van der Waals surface area contributed by atoms with E-state index in [1.165, 1.54) is 21.3 Å². The number of aromatic amines is 1. The van der Waals surface area contributed by atoms with Crippen LogP contribution in [0, 0.1) is 11.3 Å². The van der Waals surface area contributed by atoms with Crippen molar-refractivity contribution in [3.05, 3.63) is 77.5 Å². The van der Waals surface area contributed by atoms with Crippen LogP contribution in [0.15, 0.2) is 60.8 Å². The van der Waals surface area contributed by atoms with Crippen molar-refractivity contribution >= 4 is 34.1 Å². The first-order valence-corrected chi connectivity index (χ1v) is 12.2. The van der Waals surface area contributed by atoms with E-state index < -0.39 is 11.9 Å². The van der Waals surface area contributed by atoms with Crippen LogP contribution in [0.4, 0.5) is 5.69 Å². The number of aromatic nitrogens is 1. The van der Waals surface area contributed by atoms with Crippen LogP contribution in [0.5, 0.6) is 23.0 Å². The molecule has 10 heteroatoms. The molecule has 7 N–H and O–H groups in total. The highest BCUT2D eigenvalue weighted by atomic mass is 16.5. The topological polar surface area (TPSA) is 172 Å². The molecule has 208 valence electrons. The third-order valence-corrected chi connectivity index (χ3v) is 6.14. The summed E-state index contributed by atoms with van der Waals surface area (Å²) in [5, 5.41) is 10.7. The van der Waals surface area contributed by atoms with Crippen LogP contribution in [0.3, 0.4) is 0 Å². The van der Waals surface area contributed by atoms with E-state index in [-0.39, 0.29) is 0 Å². The van der Waals surface area contributed by atoms with E-state index in [4.69, 9.17) is 36.1 Å². The van der Waals surface area contributed by atoms with E-state index in [1.807, 2.05) is 36.5 Å². The summed E-state index contributed by atoms with van der Waals surface area (Å²) in [6.45, 7) is 0. The minimum Gasteiger partial charge on any atom is -0.495 e. The second kappa shape index (κ2) is 13.6. The van der Waals surface area contributed by atoms with Crippen molar-refractivity contribution in [1.29, 1.82) is 5.26 Å². The van der Waals surface area contributed by atoms with Crippen LogP contribution >= 0.6 is 0 Å². The van der Waals surface area contributed by atoms with Gasteiger partial charge >= 0.3 is 0 Å². The first-order valence-electron chi connectivity index (χ1n) is 12.2. The summed E-state index contributed by atoms with van der Waals surface area (Å²) in [6.07, 6.45) is 4.07. The molecule has 10 nitrogen and oxygen atoms in total. The molecule has 0 fully saturated rings. The summed E-state index contributed by atoms with van der Waals surface area (Å²) in [6, 6.07) is 18.2. The van der Waals surface area contributed by atoms with Gasteiger partial charge in [0.15, 0.2) is 11.5 Å². The van der Waals surface area contributed by atoms with Gasteiger partial charge in [-0.05, 0) is 59.5 Å². The number of nitrogens with one attached hydrogen (secondary N) is 1. The molecule has 40 heavy (non-hydrogen) atoms. The lowest BCUT2D eigenvalue weighted by atomic mass is 10.0. The number of para-hydroxylation sites is 1. The molecule has 1 aromatic heterocycles. The maximum absolute atomic E-state index is 10.8. The predicted octanol–water partition coefficient (Wildman–Crippen LogP) is 3.89. The number of hydrogen-bond donors (Lipinski definition) is 4. The second-order valence-corrected chi connectivity index (χ2v) is 8.66. The van der Waals surface area contributed by atoms with Gasteiger partial charge in [-0.3, -0.25) is 4.79 Å². The van der Waals surface area contributed by atoms with Crippen molar-refractivity contribution in [2.24, 2.45) is 11.5 Å². The largest absolute Gasteiger partial charge is 0.495 e. The van der Waals surface area contributed by atoms with Crippen molar-refractivity contribution in [1.82, 2.24) is 4.98 Å². The summed E-state index contributed by atoms with van der Waals surface area (Å²) in [4.78, 5) is 14.0. The zero-order valence-corrected chi connectivity index (χ0v) is 22.9. The van der Waals surface area contributed by atoms with Crippen LogP contribution in [0.1, 0.15) is 16.7 Å². The number of rotatable bonds is 9. The number of amides is 1. The Morgan fingerprint density at radius 3 is 2.17 bits per heavy atom. The summed E-state index contributed by atoms with van der Waals surface area (Å²) >= 11 is 0. The van der Waals surface area contributed by atoms with Gasteiger partial charge in [0.1, 0.15) is 5.75 Å². The van der Waals surface area contributed by atoms with Crippen LogP contribution in [0.25, 0.3) is 22.6 Å². The number of anilines is 1. The van der Waals surface area contributed by atoms with Crippen molar-refractivity contribution in [3.8, 4) is 29.1 Å². The highest BCUT2D eigenvalue weighted by molar-refractivity contribution is 5.91. The van der Waals surface area contributed by atoms with Crippen LogP contribution in [-0.4, -0.2) is 45.4 Å². The molecule has 4 rings (SSSR count). The third-order valence-electron chi connectivity index (χ3n) is 6.14. The standard InChI is InChI=1S/C19H20N2O4.C11H13N3O/c1-22-16-6-5-12(8-15(16)21)7-14(11-20)13-9-17(23-2)19(25-4)18(10-13)24-3;12-9(11(13)15)5-7-6-14-10-4-2-1-3-8(7)10/h5-10H,21H2,1-4H3;1-4,6,9,14H,5,12H2,(H2,13,15)/t;9-/m.0/s1. The lowest BCUT2D eigenvalue weighted by Crippen LogP contribution is -2.38. The second-order valence-electron chi connectivity index (χ2n) is 8.66. The van der Waals surface area contributed by atoms with Crippen LogP contribution in [-0.2, 0) is 11.2 Å². The predicted molar refractivity (Wildman–Crippen MR) is 156 cm³/mol. The molecule has 0 saturated heterocycles. The van der Waals surface area contributed by atoms with E-state index in [0.717, 1.165) is 22.0 Å². The number of nitrogens with zero attached hydrogens (tertiary/aromatic N) is 1. The molecular formula is C30H33N5O5. The molecule has 0 bridgehead atoms. The molecule has 0 unspecified atom stereocenters. The molecule has 0 aliphatic rings. The highest BCUT2D eigenvalue weighted by Gasteiger charge is 2.16. The van der Waals surface area contributed by atoms with Gasteiger partial charge in [-0.1, -0.05) is 24.3 Å². The molecule has 0 saturated carbocycles. The van der Waals surface area contributed by atoms with Gasteiger partial charge in [0.05, 0.1) is 51.8 Å². The third kappa shape index (κ3) is 6.83. The lowest BCUT2D eigenvalue weighted by molar-refractivity contribution is -0.119. The summed E-state index contributed by atoms with van der Waals surface area (Å²) in [5.41, 5.74) is 21.1. The van der Waals surface area contributed by atoms with Gasteiger partial charge in [-0.25, -0.2) is 0 Å². The Labute approximate surface area is 232 Å². The van der Waals surface area contributed by atoms with E-state index in [1.54, 1.807) is 37.5 Å². The molecule has 4 aromatic rings. The number of H-pyrrole nitrogens is 1. The number of hydrogen-bond acceptors (Lipinski definition) is 8. The maximum atomic E-state index is 10.8. The van der Waals surface area contributed by atoms with Gasteiger partial charge in [0, 0.05) is 17.1 Å². The molecule has 0 spiro atoms. The summed E-state index contributed by atoms with van der Waals surface area (Å²) in [5.74, 6) is 1.54. The molecule has 3 aromatic carbocycles. The molecular weight excluding hydrogens is 510 g/mol. The Kier molecular flexibility index (Phi) is 10.00. The van der Waals surface area contributed by atoms with Crippen molar-refractivity contribution < 1.29 is 23.7 Å². The number of nitriles is 1. The number of methoxy groups -OCH3 is 4. The minimum absolute atomic E-state index is 0.434. The first-order chi connectivity index (χ1) is 19.3. The number of nitrogen functional groups attached to an aromatic ring is 1. The molecule has 0 aliphatic heterocycles. The number of carbonyl (C=O) groups is 1. The maximum Gasteiger partial charge on any atom is 0.234 e. The number of nitrogens with two attached hydrogens (primary N) is 3. The fraction of sp³-hybridized carbons (Fsp3) is 0.200. The zero-order chi connectivity index (χ0) is 29.2. The first kappa shape index (κ1) is 29.4. The Balaban J connectivity index is 0.000000249. The van der Waals surface area contributed by atoms with Gasteiger partial charge in [0.25, 0.3) is 0 Å². The van der Waals surface area contributed by atoms with E-state index in [2.05, 4.69) is 11.1 Å². The molecule has 0 radical (unpaired) electrons. The molecule has 1 atom stereocenters. The summed E-state index contributed by atoms with van der Waals surface area (Å²) < 4.78 is 21.1. The van der Waals surface area contributed by atoms with E-state index >= 15 is 0 Å². The SMILES string of the molecule is COc1ccc(C=C(C#N)c2cc(OC)c(OC)c(OC)c2)cc1N.NC(=O)[C@@H](N)Cc1c[nH]c2ccccc12. The number of fused-ring (bicyclic) bond motifs is 1. The Morgan fingerprint density at radius 2 is 1.62 bits per heavy atom. The van der Waals surface area contributed by atoms with E-state index in [0.29, 0.717) is 46.2 Å². The number of benzene rings is 3. The van der Waals surface area contributed by atoms with Crippen LogP contribution in [0.2, 0.25) is 0 Å². The Bertz CT molecular complexity index is 1530. The van der Waals surface area contributed by atoms with E-state index in [9.17, 15) is 10.1 Å². The normalized spacial score (nSPS) is 11.6. The highest BCUT2D eigenvalue weighted by Crippen LogP contribution is 2.40. The number of carbonyl (C=O) groups excluding carboxylic acids is 1. The minimum atomic E-state index is -0.621. The van der Waals surface area contributed by atoms with Crippen molar-refractivity contribution in [2.75, 3.05) is 34.2 Å². The monoisotopic (exact) mass is 543 g/mol. The van der Waals surface area contributed by atoms with Crippen LogP contribution < -0.4 is 36.1 Å². The molecule has 0 aliphatic carbocycles. The smallest absolute Gasteiger partial charge is 0.234 e. The van der Waals surface area contributed by atoms with Gasteiger partial charge < -0.3 is 41.1 Å².